The topological polar surface area (TPSA) is 29.9 Å². The highest BCUT2D eigenvalue weighted by Gasteiger charge is 2.02. The minimum Gasteiger partial charge on any atom is -0.358 e. The van der Waals surface area contributed by atoms with Crippen LogP contribution in [0.2, 0.25) is 0 Å². The van der Waals surface area contributed by atoms with Gasteiger partial charge in [-0.1, -0.05) is 6.07 Å². The van der Waals surface area contributed by atoms with Gasteiger partial charge in [0.05, 0.1) is 5.69 Å². The first-order valence-electron chi connectivity index (χ1n) is 4.28. The molecule has 0 aliphatic rings. The number of nitrogens with one attached hydrogen (secondary N) is 1. The van der Waals surface area contributed by atoms with Gasteiger partial charge in [-0.25, -0.2) is 9.37 Å². The van der Waals surface area contributed by atoms with E-state index >= 15 is 0 Å². The molecule has 14 heavy (non-hydrogen) atoms. The van der Waals surface area contributed by atoms with Gasteiger partial charge in [-0.2, -0.15) is 0 Å². The van der Waals surface area contributed by atoms with Gasteiger partial charge in [0, 0.05) is 19.4 Å². The number of anilines is 1. The van der Waals surface area contributed by atoms with Crippen LogP contribution in [-0.2, 0) is 0 Å². The van der Waals surface area contributed by atoms with Crippen molar-refractivity contribution < 1.29 is 4.39 Å². The molecular formula is C10H10FN3. The van der Waals surface area contributed by atoms with Crippen LogP contribution in [0.1, 0.15) is 0 Å². The summed E-state index contributed by atoms with van der Waals surface area (Å²) >= 11 is 0. The van der Waals surface area contributed by atoms with Crippen LogP contribution in [0.4, 0.5) is 10.3 Å². The lowest BCUT2D eigenvalue weighted by Crippen LogP contribution is -2.00. The molecule has 1 aromatic heterocycles. The van der Waals surface area contributed by atoms with Gasteiger partial charge < -0.3 is 5.32 Å². The summed E-state index contributed by atoms with van der Waals surface area (Å²) in [5.41, 5.74) is 0.756. The molecule has 0 aliphatic heterocycles. The van der Waals surface area contributed by atoms with E-state index < -0.39 is 0 Å². The van der Waals surface area contributed by atoms with Crippen LogP contribution in [0.5, 0.6) is 0 Å². The number of rotatable bonds is 2. The van der Waals surface area contributed by atoms with E-state index in [2.05, 4.69) is 10.3 Å². The van der Waals surface area contributed by atoms with Gasteiger partial charge in [0.1, 0.15) is 5.82 Å². The molecule has 0 amide bonds. The molecule has 1 heterocycles. The number of hydrogen-bond acceptors (Lipinski definition) is 2. The Morgan fingerprint density at radius 1 is 1.43 bits per heavy atom. The highest BCUT2D eigenvalue weighted by molar-refractivity contribution is 5.41. The Hall–Kier alpha value is -1.84. The Labute approximate surface area is 81.2 Å². The van der Waals surface area contributed by atoms with Crippen LogP contribution in [-0.4, -0.2) is 16.6 Å². The number of imidazole rings is 1. The van der Waals surface area contributed by atoms with Crippen molar-refractivity contribution in [3.8, 4) is 5.69 Å². The third kappa shape index (κ3) is 1.46. The summed E-state index contributed by atoms with van der Waals surface area (Å²) in [7, 11) is 1.78. The minimum absolute atomic E-state index is 0.252. The summed E-state index contributed by atoms with van der Waals surface area (Å²) in [6, 6.07) is 6.37. The van der Waals surface area contributed by atoms with Crippen molar-refractivity contribution in [2.75, 3.05) is 12.4 Å². The fraction of sp³-hybridized carbons (Fsp3) is 0.100. The second-order valence-electron chi connectivity index (χ2n) is 2.85. The van der Waals surface area contributed by atoms with Gasteiger partial charge in [-0.05, 0) is 18.2 Å². The second kappa shape index (κ2) is 3.49. The first-order valence-corrected chi connectivity index (χ1v) is 4.28. The van der Waals surface area contributed by atoms with Crippen LogP contribution in [0, 0.1) is 5.82 Å². The van der Waals surface area contributed by atoms with E-state index in [0.29, 0.717) is 5.95 Å². The molecule has 0 atom stereocenters. The van der Waals surface area contributed by atoms with Crippen molar-refractivity contribution in [3.05, 3.63) is 42.5 Å². The standard InChI is InChI=1S/C10H10FN3/c1-12-10-13-5-6-14(10)9-4-2-3-8(11)7-9/h2-7H,1H3,(H,12,13). The summed E-state index contributed by atoms with van der Waals surface area (Å²) in [5, 5.41) is 2.92. The number of hydrogen-bond donors (Lipinski definition) is 1. The van der Waals surface area contributed by atoms with Gasteiger partial charge in [0.2, 0.25) is 5.95 Å². The maximum Gasteiger partial charge on any atom is 0.207 e. The molecule has 2 rings (SSSR count). The Morgan fingerprint density at radius 3 is 3.00 bits per heavy atom. The van der Waals surface area contributed by atoms with Gasteiger partial charge in [-0.3, -0.25) is 4.57 Å². The first-order chi connectivity index (χ1) is 6.81. The average Bonchev–Trinajstić information content (AvgIpc) is 2.65. The van der Waals surface area contributed by atoms with E-state index in [9.17, 15) is 4.39 Å². The van der Waals surface area contributed by atoms with Crippen LogP contribution in [0.3, 0.4) is 0 Å². The highest BCUT2D eigenvalue weighted by atomic mass is 19.1. The monoisotopic (exact) mass is 191 g/mol. The first kappa shape index (κ1) is 8.74. The van der Waals surface area contributed by atoms with Gasteiger partial charge in [-0.15, -0.1) is 0 Å². The summed E-state index contributed by atoms with van der Waals surface area (Å²) in [4.78, 5) is 4.07. The zero-order valence-electron chi connectivity index (χ0n) is 7.74. The Kier molecular flexibility index (Phi) is 2.18. The van der Waals surface area contributed by atoms with Crippen molar-refractivity contribution in [1.82, 2.24) is 9.55 Å². The fourth-order valence-corrected chi connectivity index (χ4v) is 1.32. The SMILES string of the molecule is CNc1nccn1-c1cccc(F)c1. The molecule has 1 N–H and O–H groups in total. The van der Waals surface area contributed by atoms with E-state index in [1.165, 1.54) is 12.1 Å². The predicted molar refractivity (Wildman–Crippen MR) is 53.1 cm³/mol. The molecule has 0 radical (unpaired) electrons. The average molecular weight is 191 g/mol. The predicted octanol–water partition coefficient (Wildman–Crippen LogP) is 2.05. The Morgan fingerprint density at radius 2 is 2.29 bits per heavy atom. The van der Waals surface area contributed by atoms with Crippen molar-refractivity contribution >= 4 is 5.95 Å². The summed E-state index contributed by atoms with van der Waals surface area (Å²) in [6.07, 6.45) is 3.44. The molecule has 72 valence electrons. The van der Waals surface area contributed by atoms with E-state index in [1.54, 1.807) is 30.1 Å². The fourth-order valence-electron chi connectivity index (χ4n) is 1.32. The lowest BCUT2D eigenvalue weighted by molar-refractivity contribution is 0.626. The summed E-state index contributed by atoms with van der Waals surface area (Å²) in [5.74, 6) is 0.439. The zero-order valence-corrected chi connectivity index (χ0v) is 7.74. The summed E-state index contributed by atoms with van der Waals surface area (Å²) in [6.45, 7) is 0. The second-order valence-corrected chi connectivity index (χ2v) is 2.85. The molecule has 3 nitrogen and oxygen atoms in total. The smallest absolute Gasteiger partial charge is 0.207 e. The van der Waals surface area contributed by atoms with E-state index in [0.717, 1.165) is 5.69 Å². The van der Waals surface area contributed by atoms with E-state index in [-0.39, 0.29) is 5.82 Å². The summed E-state index contributed by atoms with van der Waals surface area (Å²) < 4.78 is 14.7. The molecule has 0 unspecified atom stereocenters. The lowest BCUT2D eigenvalue weighted by atomic mass is 10.3. The largest absolute Gasteiger partial charge is 0.358 e. The van der Waals surface area contributed by atoms with Crippen LogP contribution < -0.4 is 5.32 Å². The molecule has 0 saturated heterocycles. The lowest BCUT2D eigenvalue weighted by Gasteiger charge is -2.06. The van der Waals surface area contributed by atoms with Gasteiger partial charge >= 0.3 is 0 Å². The molecule has 0 bridgehead atoms. The van der Waals surface area contributed by atoms with Crippen molar-refractivity contribution in [2.45, 2.75) is 0 Å². The molecule has 2 aromatic rings. The van der Waals surface area contributed by atoms with Crippen molar-refractivity contribution in [3.63, 3.8) is 0 Å². The van der Waals surface area contributed by atoms with Crippen LogP contribution in [0.25, 0.3) is 5.69 Å². The molecule has 0 aliphatic carbocycles. The van der Waals surface area contributed by atoms with Crippen molar-refractivity contribution in [2.24, 2.45) is 0 Å². The molecule has 4 heteroatoms. The number of nitrogens with zero attached hydrogens (tertiary/aromatic N) is 2. The van der Waals surface area contributed by atoms with E-state index in [1.807, 2.05) is 6.07 Å². The maximum absolute atomic E-state index is 12.9. The Bertz CT molecular complexity index is 436. The zero-order chi connectivity index (χ0) is 9.97. The van der Waals surface area contributed by atoms with Gasteiger partial charge in [0.25, 0.3) is 0 Å². The Balaban J connectivity index is 2.49. The molecule has 0 spiro atoms. The highest BCUT2D eigenvalue weighted by Crippen LogP contribution is 2.14. The third-order valence-electron chi connectivity index (χ3n) is 1.95. The normalized spacial score (nSPS) is 10.1. The maximum atomic E-state index is 12.9. The van der Waals surface area contributed by atoms with Crippen LogP contribution in [0.15, 0.2) is 36.7 Å². The number of aromatic nitrogens is 2. The molecule has 0 saturated carbocycles. The molecule has 0 fully saturated rings. The molecule has 1 aromatic carbocycles. The number of benzene rings is 1. The van der Waals surface area contributed by atoms with Crippen LogP contribution >= 0.6 is 0 Å². The quantitative estimate of drug-likeness (QED) is 0.787. The third-order valence-corrected chi connectivity index (χ3v) is 1.95. The van der Waals surface area contributed by atoms with Crippen molar-refractivity contribution in [1.29, 1.82) is 0 Å². The molecular weight excluding hydrogens is 181 g/mol. The number of halogens is 1. The minimum atomic E-state index is -0.252. The van der Waals surface area contributed by atoms with Gasteiger partial charge in [0.15, 0.2) is 0 Å². The van der Waals surface area contributed by atoms with E-state index in [4.69, 9.17) is 0 Å².